The molecule has 0 heterocycles. The van der Waals surface area contributed by atoms with Crippen molar-refractivity contribution in [1.29, 1.82) is 0 Å². The molecule has 0 unspecified atom stereocenters. The van der Waals surface area contributed by atoms with E-state index in [2.05, 4.69) is 5.32 Å². The summed E-state index contributed by atoms with van der Waals surface area (Å²) in [6.07, 6.45) is 0.177. The average Bonchev–Trinajstić information content (AvgIpc) is 2.19. The van der Waals surface area contributed by atoms with Crippen molar-refractivity contribution in [2.45, 2.75) is 6.42 Å². The lowest BCUT2D eigenvalue weighted by Crippen LogP contribution is -2.16. The molecule has 0 aliphatic rings. The third-order valence-corrected chi connectivity index (χ3v) is 1.93. The zero-order chi connectivity index (χ0) is 12.1. The molecule has 0 aliphatic carbocycles. The summed E-state index contributed by atoms with van der Waals surface area (Å²) >= 11 is 0. The van der Waals surface area contributed by atoms with Gasteiger partial charge in [0.2, 0.25) is 5.91 Å². The fraction of sp³-hybridized carbons (Fsp3) is 0.222. The topological polar surface area (TPSA) is 124 Å². The summed E-state index contributed by atoms with van der Waals surface area (Å²) in [7, 11) is 0. The molecule has 0 radical (unpaired) electrons. The van der Waals surface area contributed by atoms with Gasteiger partial charge in [0.1, 0.15) is 0 Å². The third kappa shape index (κ3) is 3.12. The van der Waals surface area contributed by atoms with Gasteiger partial charge in [-0.1, -0.05) is 0 Å². The predicted molar refractivity (Wildman–Crippen MR) is 59.8 cm³/mol. The second-order valence-electron chi connectivity index (χ2n) is 3.17. The number of nitro groups is 1. The summed E-state index contributed by atoms with van der Waals surface area (Å²) in [5.41, 5.74) is 11.3. The molecule has 0 aromatic heterocycles. The average molecular weight is 224 g/mol. The molecule has 16 heavy (non-hydrogen) atoms. The van der Waals surface area contributed by atoms with E-state index in [0.717, 1.165) is 0 Å². The number of non-ortho nitro benzene ring substituents is 1. The molecule has 0 spiro atoms. The van der Waals surface area contributed by atoms with Crippen LogP contribution < -0.4 is 16.8 Å². The summed E-state index contributed by atoms with van der Waals surface area (Å²) in [5.74, 6) is -0.423. The van der Waals surface area contributed by atoms with E-state index >= 15 is 0 Å². The number of nitrogens with one attached hydrogen (secondary N) is 1. The van der Waals surface area contributed by atoms with Crippen molar-refractivity contribution in [2.24, 2.45) is 5.73 Å². The Hall–Kier alpha value is -2.31. The Morgan fingerprint density at radius 3 is 2.69 bits per heavy atom. The van der Waals surface area contributed by atoms with Crippen LogP contribution in [0.3, 0.4) is 0 Å². The molecule has 1 aromatic rings. The van der Waals surface area contributed by atoms with Gasteiger partial charge in [-0.25, -0.2) is 0 Å². The summed E-state index contributed by atoms with van der Waals surface area (Å²) in [6, 6.07) is 4.09. The minimum Gasteiger partial charge on any atom is -0.397 e. The number of nitro benzene ring substituents is 1. The molecule has 0 aliphatic heterocycles. The van der Waals surface area contributed by atoms with E-state index in [1.165, 1.54) is 18.2 Å². The van der Waals surface area contributed by atoms with E-state index < -0.39 is 10.8 Å². The van der Waals surface area contributed by atoms with E-state index in [0.29, 0.717) is 12.2 Å². The number of benzene rings is 1. The number of carbonyl (C=O) groups is 1. The molecule has 1 aromatic carbocycles. The van der Waals surface area contributed by atoms with Gasteiger partial charge in [0.25, 0.3) is 5.69 Å². The first kappa shape index (κ1) is 11.8. The zero-order valence-electron chi connectivity index (χ0n) is 8.47. The Bertz CT molecular complexity index is 419. The van der Waals surface area contributed by atoms with Crippen LogP contribution in [-0.4, -0.2) is 17.4 Å². The van der Waals surface area contributed by atoms with E-state index in [9.17, 15) is 14.9 Å². The van der Waals surface area contributed by atoms with Crippen molar-refractivity contribution in [1.82, 2.24) is 0 Å². The Morgan fingerprint density at radius 1 is 1.50 bits per heavy atom. The number of hydrogen-bond donors (Lipinski definition) is 3. The van der Waals surface area contributed by atoms with Gasteiger partial charge in [-0.3, -0.25) is 14.9 Å². The van der Waals surface area contributed by atoms with Crippen LogP contribution in [0.5, 0.6) is 0 Å². The van der Waals surface area contributed by atoms with Crippen LogP contribution in [-0.2, 0) is 4.79 Å². The molecular formula is C9H12N4O3. The van der Waals surface area contributed by atoms with Crippen LogP contribution in [0.15, 0.2) is 18.2 Å². The molecule has 7 heteroatoms. The smallest absolute Gasteiger partial charge is 0.271 e. The molecule has 5 N–H and O–H groups in total. The quantitative estimate of drug-likeness (QED) is 0.380. The fourth-order valence-corrected chi connectivity index (χ4v) is 1.15. The lowest BCUT2D eigenvalue weighted by atomic mass is 10.2. The van der Waals surface area contributed by atoms with E-state index in [1.807, 2.05) is 0 Å². The van der Waals surface area contributed by atoms with Crippen molar-refractivity contribution >= 4 is 23.0 Å². The molecule has 86 valence electrons. The third-order valence-electron chi connectivity index (χ3n) is 1.93. The highest BCUT2D eigenvalue weighted by Gasteiger charge is 2.08. The lowest BCUT2D eigenvalue weighted by molar-refractivity contribution is -0.384. The summed E-state index contributed by atoms with van der Waals surface area (Å²) in [6.45, 7) is 0.345. The van der Waals surface area contributed by atoms with Gasteiger partial charge in [0, 0.05) is 25.1 Å². The highest BCUT2D eigenvalue weighted by Crippen LogP contribution is 2.23. The standard InChI is InChI=1S/C9H12N4O3/c10-7-5-6(13(15)16)1-2-8(7)12-4-3-9(11)14/h1-2,5,12H,3-4,10H2,(H2,11,14). The number of carbonyl (C=O) groups excluding carboxylic acids is 1. The Morgan fingerprint density at radius 2 is 2.19 bits per heavy atom. The molecule has 0 atom stereocenters. The number of anilines is 2. The van der Waals surface area contributed by atoms with Crippen molar-refractivity contribution in [3.05, 3.63) is 28.3 Å². The maximum absolute atomic E-state index is 10.5. The van der Waals surface area contributed by atoms with E-state index in [1.54, 1.807) is 0 Å². The van der Waals surface area contributed by atoms with Crippen LogP contribution in [0.2, 0.25) is 0 Å². The monoisotopic (exact) mass is 224 g/mol. The predicted octanol–water partition coefficient (Wildman–Crippen LogP) is 0.464. The van der Waals surface area contributed by atoms with Crippen LogP contribution in [0.4, 0.5) is 17.1 Å². The Kier molecular flexibility index (Phi) is 3.65. The minimum absolute atomic E-state index is 0.0713. The lowest BCUT2D eigenvalue weighted by Gasteiger charge is -2.07. The first-order chi connectivity index (χ1) is 7.50. The highest BCUT2D eigenvalue weighted by molar-refractivity contribution is 5.75. The van der Waals surface area contributed by atoms with Crippen molar-refractivity contribution < 1.29 is 9.72 Å². The number of nitrogens with two attached hydrogens (primary N) is 2. The maximum Gasteiger partial charge on any atom is 0.271 e. The maximum atomic E-state index is 10.5. The number of rotatable bonds is 5. The summed E-state index contributed by atoms with van der Waals surface area (Å²) in [4.78, 5) is 20.4. The number of amides is 1. The molecule has 1 amide bonds. The molecule has 0 bridgehead atoms. The molecule has 0 saturated carbocycles. The van der Waals surface area contributed by atoms with Crippen LogP contribution in [0, 0.1) is 10.1 Å². The SMILES string of the molecule is NC(=O)CCNc1ccc([N+](=O)[O-])cc1N. The largest absolute Gasteiger partial charge is 0.397 e. The van der Waals surface area contributed by atoms with Crippen molar-refractivity contribution in [3.63, 3.8) is 0 Å². The van der Waals surface area contributed by atoms with Gasteiger partial charge < -0.3 is 16.8 Å². The van der Waals surface area contributed by atoms with Gasteiger partial charge in [-0.2, -0.15) is 0 Å². The second-order valence-corrected chi connectivity index (χ2v) is 3.17. The fourth-order valence-electron chi connectivity index (χ4n) is 1.15. The summed E-state index contributed by atoms with van der Waals surface area (Å²) in [5, 5.41) is 13.3. The number of hydrogen-bond acceptors (Lipinski definition) is 5. The van der Waals surface area contributed by atoms with Crippen LogP contribution in [0.1, 0.15) is 6.42 Å². The Labute approximate surface area is 91.6 Å². The zero-order valence-corrected chi connectivity index (χ0v) is 8.47. The van der Waals surface area contributed by atoms with Crippen LogP contribution >= 0.6 is 0 Å². The second kappa shape index (κ2) is 4.96. The van der Waals surface area contributed by atoms with Crippen molar-refractivity contribution in [3.8, 4) is 0 Å². The number of primary amides is 1. The van der Waals surface area contributed by atoms with Gasteiger partial charge in [-0.05, 0) is 6.07 Å². The molecule has 1 rings (SSSR count). The Balaban J connectivity index is 2.68. The van der Waals surface area contributed by atoms with Crippen LogP contribution in [0.25, 0.3) is 0 Å². The molecule has 0 fully saturated rings. The highest BCUT2D eigenvalue weighted by atomic mass is 16.6. The molecule has 7 nitrogen and oxygen atoms in total. The number of nitrogen functional groups attached to an aromatic ring is 1. The first-order valence-electron chi connectivity index (χ1n) is 4.57. The molecular weight excluding hydrogens is 212 g/mol. The number of nitrogens with zero attached hydrogens (tertiary/aromatic N) is 1. The molecule has 0 saturated heterocycles. The first-order valence-corrected chi connectivity index (χ1v) is 4.57. The van der Waals surface area contributed by atoms with Gasteiger partial charge in [0.05, 0.1) is 16.3 Å². The van der Waals surface area contributed by atoms with Crippen molar-refractivity contribution in [2.75, 3.05) is 17.6 Å². The van der Waals surface area contributed by atoms with Gasteiger partial charge >= 0.3 is 0 Å². The minimum atomic E-state index is -0.524. The summed E-state index contributed by atoms with van der Waals surface area (Å²) < 4.78 is 0. The van der Waals surface area contributed by atoms with E-state index in [-0.39, 0.29) is 17.8 Å². The van der Waals surface area contributed by atoms with E-state index in [4.69, 9.17) is 11.5 Å². The van der Waals surface area contributed by atoms with Gasteiger partial charge in [-0.15, -0.1) is 0 Å². The normalized spacial score (nSPS) is 9.75. The van der Waals surface area contributed by atoms with Gasteiger partial charge in [0.15, 0.2) is 0 Å².